The highest BCUT2D eigenvalue weighted by Crippen LogP contribution is 2.46. The highest BCUT2D eigenvalue weighted by atomic mass is 16.1. The van der Waals surface area contributed by atoms with E-state index in [9.17, 15) is 4.79 Å². The van der Waals surface area contributed by atoms with Crippen molar-refractivity contribution < 1.29 is 10.1 Å². The maximum Gasteiger partial charge on any atom is 0.324 e. The van der Waals surface area contributed by atoms with Crippen LogP contribution in [0, 0.1) is 0 Å². The number of carbonyl (C=O) groups is 1. The quantitative estimate of drug-likeness (QED) is 0.378. The summed E-state index contributed by atoms with van der Waals surface area (Å²) in [6, 6.07) is 10.6. The summed E-state index contributed by atoms with van der Waals surface area (Å²) in [6.45, 7) is 3.00. The van der Waals surface area contributed by atoms with Gasteiger partial charge < -0.3 is 5.32 Å². The summed E-state index contributed by atoms with van der Waals surface area (Å²) in [6.07, 6.45) is 9.36. The number of aromatic nitrogens is 6. The van der Waals surface area contributed by atoms with Crippen LogP contribution in [0.1, 0.15) is 30.0 Å². The van der Waals surface area contributed by atoms with Gasteiger partial charge in [0.1, 0.15) is 23.9 Å². The molecule has 0 radical (unpaired) electrons. The average molecular weight is 495 g/mol. The van der Waals surface area contributed by atoms with E-state index in [0.717, 1.165) is 70.5 Å². The number of amides is 1. The number of pyridine rings is 1. The Bertz CT molecular complexity index is 1630. The molecule has 0 bridgehead atoms. The first-order valence-corrected chi connectivity index (χ1v) is 12.8. The maximum absolute atomic E-state index is 11.9. The standard InChI is InChI=1S/C27H27N9O/c1-28-23(37)15-34-9-6-18(7-10-34)22-11-21-20-5-4-19-14-35(13-17-3-2-8-29-12-17)33-24(19)25(20)32-27-26(21)36(22)31-16-30-27/h2-5,8,11-12,14,16,18H,6-7,9-10,13,15H2,1H3,(H,28,37)(H,30,31,32)/p+1. The molecule has 3 N–H and O–H groups in total. The lowest BCUT2D eigenvalue weighted by molar-refractivity contribution is -0.539. The van der Waals surface area contributed by atoms with Crippen molar-refractivity contribution >= 4 is 33.8 Å². The van der Waals surface area contributed by atoms with Crippen LogP contribution in [-0.4, -0.2) is 66.9 Å². The molecule has 5 aromatic rings. The van der Waals surface area contributed by atoms with E-state index in [2.05, 4.69) is 60.3 Å². The van der Waals surface area contributed by atoms with Gasteiger partial charge in [0, 0.05) is 46.7 Å². The molecule has 10 heteroatoms. The van der Waals surface area contributed by atoms with Gasteiger partial charge in [-0.15, -0.1) is 0 Å². The number of nitrogens with zero attached hydrogens (tertiary/aromatic N) is 7. The molecule has 0 spiro atoms. The van der Waals surface area contributed by atoms with Gasteiger partial charge in [0.05, 0.1) is 19.3 Å². The minimum atomic E-state index is 0.189. The van der Waals surface area contributed by atoms with E-state index in [1.54, 1.807) is 17.8 Å². The largest absolute Gasteiger partial charge is 0.336 e. The third kappa shape index (κ3) is 3.76. The van der Waals surface area contributed by atoms with Crippen LogP contribution in [0.5, 0.6) is 0 Å². The molecule has 1 amide bonds. The first-order chi connectivity index (χ1) is 18.2. The van der Waals surface area contributed by atoms with Crippen molar-refractivity contribution in [1.29, 1.82) is 0 Å². The Morgan fingerprint density at radius 2 is 2.08 bits per heavy atom. The van der Waals surface area contributed by atoms with Gasteiger partial charge in [-0.05, 0) is 43.6 Å². The second-order valence-corrected chi connectivity index (χ2v) is 9.90. The number of primary amides is 1. The number of anilines is 2. The maximum atomic E-state index is 11.9. The number of piperidine rings is 1. The Balaban J connectivity index is 1.24. The molecule has 0 saturated carbocycles. The zero-order valence-electron chi connectivity index (χ0n) is 20.6. The van der Waals surface area contributed by atoms with Gasteiger partial charge >= 0.3 is 5.91 Å². The number of nitrogens with one attached hydrogen (secondary N) is 1. The third-order valence-electron chi connectivity index (χ3n) is 7.62. The molecular formula is C27H28N9O+. The number of quaternary nitrogens is 1. The Morgan fingerprint density at radius 3 is 2.89 bits per heavy atom. The highest BCUT2D eigenvalue weighted by Gasteiger charge is 2.30. The van der Waals surface area contributed by atoms with E-state index in [0.29, 0.717) is 19.0 Å². The molecule has 1 fully saturated rings. The number of likely N-dealkylation sites (N-methyl/N-ethyl adjacent to an activating group) is 1. The predicted molar refractivity (Wildman–Crippen MR) is 140 cm³/mol. The van der Waals surface area contributed by atoms with E-state index < -0.39 is 0 Å². The van der Waals surface area contributed by atoms with Gasteiger partial charge in [0.25, 0.3) is 0 Å². The van der Waals surface area contributed by atoms with Crippen molar-refractivity contribution in [2.45, 2.75) is 25.3 Å². The van der Waals surface area contributed by atoms with Crippen molar-refractivity contribution in [2.75, 3.05) is 32.0 Å². The molecule has 0 atom stereocenters. The van der Waals surface area contributed by atoms with Crippen molar-refractivity contribution in [3.63, 3.8) is 0 Å². The number of hydrogen-bond donors (Lipinski definition) is 2. The molecule has 6 heterocycles. The summed E-state index contributed by atoms with van der Waals surface area (Å²) in [5.74, 6) is 1.37. The smallest absolute Gasteiger partial charge is 0.324 e. The summed E-state index contributed by atoms with van der Waals surface area (Å²) in [7, 11) is 1.81. The lowest BCUT2D eigenvalue weighted by Crippen LogP contribution is -2.85. The van der Waals surface area contributed by atoms with E-state index in [-0.39, 0.29) is 5.91 Å². The van der Waals surface area contributed by atoms with Crippen LogP contribution in [0.2, 0.25) is 0 Å². The first kappa shape index (κ1) is 22.1. The molecule has 1 saturated heterocycles. The van der Waals surface area contributed by atoms with Crippen molar-refractivity contribution in [3.8, 4) is 11.1 Å². The molecular weight excluding hydrogens is 466 g/mol. The number of nitrogens with two attached hydrogens (primary N) is 1. The number of carbonyl (C=O) groups excluding carboxylic acids is 1. The molecule has 37 heavy (non-hydrogen) atoms. The van der Waals surface area contributed by atoms with Gasteiger partial charge in [0.2, 0.25) is 0 Å². The van der Waals surface area contributed by atoms with E-state index >= 15 is 0 Å². The molecule has 2 aliphatic heterocycles. The SMILES string of the molecule is C[NH2+]C(=O)CN1CCC(c2cc3c4c(ncnn24)Nc2c-3ccc3cn(Cc4cccnc4)nc23)CC1. The third-order valence-corrected chi connectivity index (χ3v) is 7.62. The second kappa shape index (κ2) is 8.75. The number of hydrogen-bond acceptors (Lipinski definition) is 7. The van der Waals surface area contributed by atoms with Gasteiger partial charge in [-0.3, -0.25) is 19.9 Å². The van der Waals surface area contributed by atoms with Crippen molar-refractivity contribution in [3.05, 3.63) is 66.5 Å². The van der Waals surface area contributed by atoms with Gasteiger partial charge in [-0.25, -0.2) is 14.3 Å². The van der Waals surface area contributed by atoms with Gasteiger partial charge in [-0.1, -0.05) is 18.2 Å². The highest BCUT2D eigenvalue weighted by molar-refractivity contribution is 6.08. The van der Waals surface area contributed by atoms with Crippen LogP contribution in [0.3, 0.4) is 0 Å². The Morgan fingerprint density at radius 1 is 1.19 bits per heavy atom. The van der Waals surface area contributed by atoms with Crippen LogP contribution in [0.15, 0.2) is 55.2 Å². The lowest BCUT2D eigenvalue weighted by atomic mass is 9.92. The Labute approximate surface area is 213 Å². The number of likely N-dealkylation sites (tertiary alicyclic amines) is 1. The molecule has 0 aliphatic carbocycles. The zero-order valence-corrected chi connectivity index (χ0v) is 20.6. The number of rotatable bonds is 5. The van der Waals surface area contributed by atoms with Crippen molar-refractivity contribution in [2.24, 2.45) is 0 Å². The van der Waals surface area contributed by atoms with Crippen LogP contribution < -0.4 is 10.6 Å². The molecule has 2 aliphatic rings. The van der Waals surface area contributed by atoms with E-state index in [1.165, 1.54) is 5.69 Å². The summed E-state index contributed by atoms with van der Waals surface area (Å²) < 4.78 is 4.03. The fourth-order valence-corrected chi connectivity index (χ4v) is 5.72. The Hall–Kier alpha value is -4.15. The van der Waals surface area contributed by atoms with Gasteiger partial charge in [-0.2, -0.15) is 10.2 Å². The fourth-order valence-electron chi connectivity index (χ4n) is 5.72. The molecule has 186 valence electrons. The molecule has 10 nitrogen and oxygen atoms in total. The lowest BCUT2D eigenvalue weighted by Gasteiger charge is -2.30. The number of benzene rings is 1. The zero-order chi connectivity index (χ0) is 24.9. The predicted octanol–water partition coefficient (Wildman–Crippen LogP) is 2.15. The van der Waals surface area contributed by atoms with E-state index in [4.69, 9.17) is 5.10 Å². The van der Waals surface area contributed by atoms with Crippen LogP contribution in [0.25, 0.3) is 27.5 Å². The fraction of sp³-hybridized carbons (Fsp3) is 0.296. The Kier molecular flexibility index (Phi) is 5.22. The number of fused-ring (bicyclic) bond motifs is 4. The normalized spacial score (nSPS) is 15.7. The topological polar surface area (TPSA) is 110 Å². The minimum Gasteiger partial charge on any atom is -0.336 e. The molecule has 1 aromatic carbocycles. The molecule has 0 unspecified atom stereocenters. The molecule has 7 rings (SSSR count). The monoisotopic (exact) mass is 494 g/mol. The summed E-state index contributed by atoms with van der Waals surface area (Å²) in [4.78, 5) is 22.9. The van der Waals surface area contributed by atoms with Crippen LogP contribution in [0.4, 0.5) is 11.5 Å². The average Bonchev–Trinajstić information content (AvgIpc) is 3.53. The first-order valence-electron chi connectivity index (χ1n) is 12.8. The second-order valence-electron chi connectivity index (χ2n) is 9.90. The summed E-state index contributed by atoms with van der Waals surface area (Å²) in [5, 5.41) is 15.9. The minimum absolute atomic E-state index is 0.189. The summed E-state index contributed by atoms with van der Waals surface area (Å²) in [5.41, 5.74) is 7.50. The van der Waals surface area contributed by atoms with Crippen molar-refractivity contribution in [1.82, 2.24) is 34.3 Å². The van der Waals surface area contributed by atoms with Gasteiger partial charge in [0.15, 0.2) is 5.82 Å². The van der Waals surface area contributed by atoms with Crippen LogP contribution in [-0.2, 0) is 11.3 Å². The van der Waals surface area contributed by atoms with Crippen LogP contribution >= 0.6 is 0 Å². The molecule has 4 aromatic heterocycles. The van der Waals surface area contributed by atoms with E-state index in [1.807, 2.05) is 24.0 Å². The summed E-state index contributed by atoms with van der Waals surface area (Å²) >= 11 is 0.